The van der Waals surface area contributed by atoms with Crippen LogP contribution in [0.15, 0.2) is 18.3 Å². The Morgan fingerprint density at radius 2 is 2.24 bits per heavy atom. The minimum atomic E-state index is -0.393. The average Bonchev–Trinajstić information content (AvgIpc) is 2.78. The van der Waals surface area contributed by atoms with E-state index >= 15 is 0 Å². The van der Waals surface area contributed by atoms with Crippen LogP contribution in [0.25, 0.3) is 0 Å². The third kappa shape index (κ3) is 2.58. The zero-order chi connectivity index (χ0) is 12.3. The summed E-state index contributed by atoms with van der Waals surface area (Å²) < 4.78 is 0. The molecular formula is C12H16ClN3O. The number of hydrogen-bond donors (Lipinski definition) is 2. The fourth-order valence-corrected chi connectivity index (χ4v) is 2.49. The maximum Gasteiger partial charge on any atom is 0.231 e. The second-order valence-corrected chi connectivity index (χ2v) is 4.90. The number of anilines is 1. The first-order valence-electron chi connectivity index (χ1n) is 5.79. The number of carbonyl (C=O) groups is 1. The Labute approximate surface area is 106 Å². The molecule has 17 heavy (non-hydrogen) atoms. The van der Waals surface area contributed by atoms with Gasteiger partial charge in [0.25, 0.3) is 0 Å². The standard InChI is InChI=1S/C12H16ClN3O/c13-10-7-9(3-6-15-10)16-11(17)12(8-14)4-1-2-5-12/h3,6-7H,1-2,4-5,8,14H2,(H,15,16,17). The van der Waals surface area contributed by atoms with Crippen molar-refractivity contribution in [3.05, 3.63) is 23.5 Å². The molecule has 92 valence electrons. The Balaban J connectivity index is 2.10. The first kappa shape index (κ1) is 12.3. The molecule has 1 aliphatic rings. The molecule has 1 aromatic rings. The van der Waals surface area contributed by atoms with E-state index in [4.69, 9.17) is 17.3 Å². The maximum absolute atomic E-state index is 12.2. The first-order chi connectivity index (χ1) is 8.16. The summed E-state index contributed by atoms with van der Waals surface area (Å²) in [5.41, 5.74) is 6.04. The number of rotatable bonds is 3. The molecule has 0 unspecified atom stereocenters. The predicted octanol–water partition coefficient (Wildman–Crippen LogP) is 2.19. The summed E-state index contributed by atoms with van der Waals surface area (Å²) in [6.07, 6.45) is 5.45. The van der Waals surface area contributed by atoms with Gasteiger partial charge in [-0.25, -0.2) is 4.98 Å². The molecule has 1 aromatic heterocycles. The highest BCUT2D eigenvalue weighted by molar-refractivity contribution is 6.29. The van der Waals surface area contributed by atoms with E-state index in [1.165, 1.54) is 0 Å². The van der Waals surface area contributed by atoms with E-state index in [1.54, 1.807) is 18.3 Å². The number of nitrogens with two attached hydrogens (primary N) is 1. The van der Waals surface area contributed by atoms with Crippen molar-refractivity contribution in [1.82, 2.24) is 4.98 Å². The van der Waals surface area contributed by atoms with Gasteiger partial charge in [0.05, 0.1) is 5.41 Å². The van der Waals surface area contributed by atoms with E-state index in [2.05, 4.69) is 10.3 Å². The fraction of sp³-hybridized carbons (Fsp3) is 0.500. The quantitative estimate of drug-likeness (QED) is 0.812. The van der Waals surface area contributed by atoms with Gasteiger partial charge in [0.1, 0.15) is 5.15 Å². The molecule has 1 fully saturated rings. The molecule has 4 nitrogen and oxygen atoms in total. The number of halogens is 1. The minimum absolute atomic E-state index is 0.000216. The SMILES string of the molecule is NCC1(C(=O)Nc2ccnc(Cl)c2)CCCC1. The molecular weight excluding hydrogens is 238 g/mol. The van der Waals surface area contributed by atoms with Gasteiger partial charge in [0, 0.05) is 18.4 Å². The second kappa shape index (κ2) is 5.02. The van der Waals surface area contributed by atoms with Crippen molar-refractivity contribution in [3.8, 4) is 0 Å². The lowest BCUT2D eigenvalue weighted by Gasteiger charge is -2.25. The fourth-order valence-electron chi connectivity index (χ4n) is 2.32. The van der Waals surface area contributed by atoms with E-state index in [0.29, 0.717) is 17.4 Å². The third-order valence-corrected chi connectivity index (χ3v) is 3.62. The van der Waals surface area contributed by atoms with Gasteiger partial charge in [-0.2, -0.15) is 0 Å². The van der Waals surface area contributed by atoms with Gasteiger partial charge < -0.3 is 11.1 Å². The minimum Gasteiger partial charge on any atom is -0.329 e. The van der Waals surface area contributed by atoms with Crippen molar-refractivity contribution in [1.29, 1.82) is 0 Å². The Kier molecular flexibility index (Phi) is 3.64. The molecule has 0 atom stereocenters. The van der Waals surface area contributed by atoms with E-state index in [1.807, 2.05) is 0 Å². The molecule has 5 heteroatoms. The van der Waals surface area contributed by atoms with Crippen molar-refractivity contribution in [3.63, 3.8) is 0 Å². The molecule has 1 heterocycles. The van der Waals surface area contributed by atoms with Gasteiger partial charge in [-0.15, -0.1) is 0 Å². The molecule has 0 saturated heterocycles. The normalized spacial score (nSPS) is 18.0. The highest BCUT2D eigenvalue weighted by Gasteiger charge is 2.39. The zero-order valence-corrected chi connectivity index (χ0v) is 10.3. The monoisotopic (exact) mass is 253 g/mol. The van der Waals surface area contributed by atoms with Crippen LogP contribution in [0, 0.1) is 5.41 Å². The van der Waals surface area contributed by atoms with Crippen LogP contribution in [0.4, 0.5) is 5.69 Å². The van der Waals surface area contributed by atoms with Gasteiger partial charge in [0.15, 0.2) is 0 Å². The van der Waals surface area contributed by atoms with E-state index < -0.39 is 5.41 Å². The predicted molar refractivity (Wildman–Crippen MR) is 67.8 cm³/mol. The second-order valence-electron chi connectivity index (χ2n) is 4.51. The van der Waals surface area contributed by atoms with Crippen LogP contribution in [0.5, 0.6) is 0 Å². The number of pyridine rings is 1. The van der Waals surface area contributed by atoms with Gasteiger partial charge in [0.2, 0.25) is 5.91 Å². The number of nitrogens with one attached hydrogen (secondary N) is 1. The lowest BCUT2D eigenvalue weighted by Crippen LogP contribution is -2.40. The van der Waals surface area contributed by atoms with Crippen LogP contribution >= 0.6 is 11.6 Å². The molecule has 0 aromatic carbocycles. The molecule has 1 aliphatic carbocycles. The Bertz CT molecular complexity index is 416. The summed E-state index contributed by atoms with van der Waals surface area (Å²) in [5.74, 6) is -0.000216. The Morgan fingerprint density at radius 3 is 2.82 bits per heavy atom. The van der Waals surface area contributed by atoms with Crippen molar-refractivity contribution < 1.29 is 4.79 Å². The van der Waals surface area contributed by atoms with Crippen molar-refractivity contribution in [2.75, 3.05) is 11.9 Å². The molecule has 1 amide bonds. The molecule has 0 bridgehead atoms. The number of hydrogen-bond acceptors (Lipinski definition) is 3. The number of aromatic nitrogens is 1. The summed E-state index contributed by atoms with van der Waals surface area (Å²) >= 11 is 5.77. The van der Waals surface area contributed by atoms with Crippen LogP contribution < -0.4 is 11.1 Å². The zero-order valence-electron chi connectivity index (χ0n) is 9.58. The molecule has 1 saturated carbocycles. The lowest BCUT2D eigenvalue weighted by molar-refractivity contribution is -0.124. The summed E-state index contributed by atoms with van der Waals surface area (Å²) in [6, 6.07) is 3.36. The highest BCUT2D eigenvalue weighted by atomic mass is 35.5. The van der Waals surface area contributed by atoms with E-state index in [0.717, 1.165) is 25.7 Å². The number of carbonyl (C=O) groups excluding carboxylic acids is 1. The van der Waals surface area contributed by atoms with Crippen molar-refractivity contribution in [2.24, 2.45) is 11.1 Å². The van der Waals surface area contributed by atoms with Crippen molar-refractivity contribution in [2.45, 2.75) is 25.7 Å². The number of nitrogens with zero attached hydrogens (tertiary/aromatic N) is 1. The van der Waals surface area contributed by atoms with Crippen LogP contribution in [0.2, 0.25) is 5.15 Å². The van der Waals surface area contributed by atoms with Gasteiger partial charge in [-0.1, -0.05) is 24.4 Å². The molecule has 0 radical (unpaired) electrons. The third-order valence-electron chi connectivity index (χ3n) is 3.42. The topological polar surface area (TPSA) is 68.0 Å². The molecule has 0 aliphatic heterocycles. The molecule has 0 spiro atoms. The van der Waals surface area contributed by atoms with E-state index in [9.17, 15) is 4.79 Å². The molecule has 3 N–H and O–H groups in total. The van der Waals surface area contributed by atoms with Gasteiger partial charge >= 0.3 is 0 Å². The summed E-state index contributed by atoms with van der Waals surface area (Å²) in [4.78, 5) is 16.1. The smallest absolute Gasteiger partial charge is 0.231 e. The van der Waals surface area contributed by atoms with Crippen LogP contribution in [-0.2, 0) is 4.79 Å². The Morgan fingerprint density at radius 1 is 1.53 bits per heavy atom. The highest BCUT2D eigenvalue weighted by Crippen LogP contribution is 2.38. The first-order valence-corrected chi connectivity index (χ1v) is 6.17. The molecule has 2 rings (SSSR count). The summed E-state index contributed by atoms with van der Waals surface area (Å²) in [7, 11) is 0. The van der Waals surface area contributed by atoms with Crippen LogP contribution in [0.3, 0.4) is 0 Å². The average molecular weight is 254 g/mol. The summed E-state index contributed by atoms with van der Waals surface area (Å²) in [6.45, 7) is 0.400. The maximum atomic E-state index is 12.2. The largest absolute Gasteiger partial charge is 0.329 e. The lowest BCUT2D eigenvalue weighted by atomic mass is 9.85. The van der Waals surface area contributed by atoms with E-state index in [-0.39, 0.29) is 5.91 Å². The van der Waals surface area contributed by atoms with Crippen LogP contribution in [0.1, 0.15) is 25.7 Å². The summed E-state index contributed by atoms with van der Waals surface area (Å²) in [5, 5.41) is 3.24. The van der Waals surface area contributed by atoms with Gasteiger partial charge in [-0.05, 0) is 25.0 Å². The Hall–Kier alpha value is -1.13. The van der Waals surface area contributed by atoms with Crippen molar-refractivity contribution >= 4 is 23.2 Å². The van der Waals surface area contributed by atoms with Crippen LogP contribution in [-0.4, -0.2) is 17.4 Å². The number of amides is 1. The van der Waals surface area contributed by atoms with Gasteiger partial charge in [-0.3, -0.25) is 4.79 Å².